The maximum Gasteiger partial charge on any atom is 0.325 e. The van der Waals surface area contributed by atoms with E-state index in [1.165, 1.54) is 16.7 Å². The molecular formula is C14H16N2O4S. The van der Waals surface area contributed by atoms with Gasteiger partial charge in [0.15, 0.2) is 5.58 Å². The molecule has 0 atom stereocenters. The lowest BCUT2D eigenvalue weighted by Gasteiger charge is -2.15. The number of fused-ring (bicyclic) bond motifs is 1. The van der Waals surface area contributed by atoms with E-state index in [2.05, 4.69) is 4.98 Å². The van der Waals surface area contributed by atoms with Gasteiger partial charge in [0.1, 0.15) is 12.1 Å². The van der Waals surface area contributed by atoms with Crippen molar-refractivity contribution in [1.29, 1.82) is 0 Å². The number of carbonyl (C=O) groups is 2. The molecule has 0 spiro atoms. The second-order valence-electron chi connectivity index (χ2n) is 4.29. The van der Waals surface area contributed by atoms with Crippen LogP contribution in [0.1, 0.15) is 6.92 Å². The van der Waals surface area contributed by atoms with Crippen LogP contribution in [0.2, 0.25) is 0 Å². The third-order valence-electron chi connectivity index (χ3n) is 2.69. The number of para-hydroxylation sites is 2. The molecule has 0 saturated heterocycles. The molecule has 21 heavy (non-hydrogen) atoms. The van der Waals surface area contributed by atoms with Crippen LogP contribution in [0.25, 0.3) is 11.1 Å². The van der Waals surface area contributed by atoms with Crippen LogP contribution in [0, 0.1) is 0 Å². The van der Waals surface area contributed by atoms with Gasteiger partial charge in [0, 0.05) is 7.05 Å². The van der Waals surface area contributed by atoms with E-state index < -0.39 is 5.97 Å². The second kappa shape index (κ2) is 7.12. The first-order chi connectivity index (χ1) is 10.1. The summed E-state index contributed by atoms with van der Waals surface area (Å²) in [4.78, 5) is 28.8. The van der Waals surface area contributed by atoms with Gasteiger partial charge in [-0.15, -0.1) is 0 Å². The number of carbonyl (C=O) groups excluding carboxylic acids is 2. The summed E-state index contributed by atoms with van der Waals surface area (Å²) in [5.74, 6) is -0.446. The molecule has 0 aliphatic heterocycles. The van der Waals surface area contributed by atoms with E-state index in [0.29, 0.717) is 17.4 Å². The number of thioether (sulfide) groups is 1. The number of ether oxygens (including phenoxy) is 1. The van der Waals surface area contributed by atoms with Crippen LogP contribution in [-0.4, -0.2) is 47.7 Å². The largest absolute Gasteiger partial charge is 0.465 e. The second-order valence-corrected chi connectivity index (χ2v) is 5.22. The van der Waals surface area contributed by atoms with Gasteiger partial charge in [-0.05, 0) is 19.1 Å². The Balaban J connectivity index is 1.87. The average Bonchev–Trinajstić information content (AvgIpc) is 2.87. The number of benzene rings is 1. The van der Waals surface area contributed by atoms with Gasteiger partial charge in [-0.3, -0.25) is 9.59 Å². The molecule has 0 aliphatic carbocycles. The first-order valence-corrected chi connectivity index (χ1v) is 7.46. The van der Waals surface area contributed by atoms with Crippen molar-refractivity contribution < 1.29 is 18.7 Å². The van der Waals surface area contributed by atoms with Crippen LogP contribution in [0.3, 0.4) is 0 Å². The van der Waals surface area contributed by atoms with Gasteiger partial charge in [-0.2, -0.15) is 0 Å². The SMILES string of the molecule is CCOC(=O)CN(C)C(=O)CSc1nc2ccccc2o1. The minimum absolute atomic E-state index is 0.0548. The maximum atomic E-state index is 11.9. The molecule has 0 aliphatic rings. The monoisotopic (exact) mass is 308 g/mol. The molecule has 112 valence electrons. The highest BCUT2D eigenvalue weighted by Gasteiger charge is 2.15. The van der Waals surface area contributed by atoms with Crippen molar-refractivity contribution in [1.82, 2.24) is 9.88 Å². The molecule has 0 radical (unpaired) electrons. The summed E-state index contributed by atoms with van der Waals surface area (Å²) in [7, 11) is 1.56. The number of oxazole rings is 1. The summed E-state index contributed by atoms with van der Waals surface area (Å²) in [6.07, 6.45) is 0. The van der Waals surface area contributed by atoms with Gasteiger partial charge in [-0.1, -0.05) is 23.9 Å². The molecule has 1 aromatic heterocycles. The Hall–Kier alpha value is -2.02. The van der Waals surface area contributed by atoms with E-state index in [1.54, 1.807) is 14.0 Å². The molecule has 0 saturated carbocycles. The maximum absolute atomic E-state index is 11.9. The zero-order valence-electron chi connectivity index (χ0n) is 11.9. The number of likely N-dealkylation sites (N-methyl/N-ethyl adjacent to an activating group) is 1. The molecule has 7 heteroatoms. The summed E-state index contributed by atoms with van der Waals surface area (Å²) < 4.78 is 10.3. The van der Waals surface area contributed by atoms with Gasteiger partial charge in [0.2, 0.25) is 5.91 Å². The van der Waals surface area contributed by atoms with Crippen molar-refractivity contribution in [2.75, 3.05) is 26.0 Å². The zero-order chi connectivity index (χ0) is 15.2. The number of amides is 1. The van der Waals surface area contributed by atoms with Crippen molar-refractivity contribution in [2.24, 2.45) is 0 Å². The van der Waals surface area contributed by atoms with E-state index in [-0.39, 0.29) is 18.2 Å². The lowest BCUT2D eigenvalue weighted by molar-refractivity contribution is -0.147. The predicted molar refractivity (Wildman–Crippen MR) is 79.0 cm³/mol. The number of esters is 1. The molecule has 1 amide bonds. The van der Waals surface area contributed by atoms with Crippen molar-refractivity contribution in [2.45, 2.75) is 12.1 Å². The Morgan fingerprint density at radius 1 is 1.38 bits per heavy atom. The van der Waals surface area contributed by atoms with Crippen LogP contribution in [0.4, 0.5) is 0 Å². The molecule has 0 N–H and O–H groups in total. The van der Waals surface area contributed by atoms with Crippen LogP contribution < -0.4 is 0 Å². The first-order valence-electron chi connectivity index (χ1n) is 6.48. The normalized spacial score (nSPS) is 10.6. The smallest absolute Gasteiger partial charge is 0.325 e. The van der Waals surface area contributed by atoms with Gasteiger partial charge in [0.05, 0.1) is 12.4 Å². The highest BCUT2D eigenvalue weighted by atomic mass is 32.2. The Morgan fingerprint density at radius 2 is 2.14 bits per heavy atom. The van der Waals surface area contributed by atoms with Gasteiger partial charge in [-0.25, -0.2) is 4.98 Å². The number of hydrogen-bond donors (Lipinski definition) is 0. The first kappa shape index (κ1) is 15.4. The molecular weight excluding hydrogens is 292 g/mol. The summed E-state index contributed by atoms with van der Waals surface area (Å²) in [5.41, 5.74) is 1.44. The standard InChI is InChI=1S/C14H16N2O4S/c1-3-19-13(18)8-16(2)12(17)9-21-14-15-10-6-4-5-7-11(10)20-14/h4-7H,3,8-9H2,1-2H3. The third-order valence-corrected chi connectivity index (χ3v) is 3.50. The number of hydrogen-bond acceptors (Lipinski definition) is 6. The minimum atomic E-state index is -0.416. The minimum Gasteiger partial charge on any atom is -0.465 e. The van der Waals surface area contributed by atoms with Crippen molar-refractivity contribution in [3.05, 3.63) is 24.3 Å². The highest BCUT2D eigenvalue weighted by molar-refractivity contribution is 7.99. The summed E-state index contributed by atoms with van der Waals surface area (Å²) in [6, 6.07) is 7.40. The molecule has 2 aromatic rings. The molecule has 2 rings (SSSR count). The number of nitrogens with zero attached hydrogens (tertiary/aromatic N) is 2. The zero-order valence-corrected chi connectivity index (χ0v) is 12.7. The van der Waals surface area contributed by atoms with Crippen LogP contribution in [0.15, 0.2) is 33.9 Å². The number of rotatable bonds is 6. The summed E-state index contributed by atoms with van der Waals surface area (Å²) in [6.45, 7) is 1.97. The van der Waals surface area contributed by atoms with Gasteiger partial charge >= 0.3 is 5.97 Å². The quantitative estimate of drug-likeness (QED) is 0.600. The Labute approximate surface area is 126 Å². The van der Waals surface area contributed by atoms with E-state index in [9.17, 15) is 9.59 Å². The Bertz CT molecular complexity index is 608. The van der Waals surface area contributed by atoms with Crippen LogP contribution in [-0.2, 0) is 14.3 Å². The topological polar surface area (TPSA) is 72.6 Å². The van der Waals surface area contributed by atoms with E-state index in [1.807, 2.05) is 24.3 Å². The summed E-state index contributed by atoms with van der Waals surface area (Å²) >= 11 is 1.20. The van der Waals surface area contributed by atoms with E-state index in [4.69, 9.17) is 9.15 Å². The third kappa shape index (κ3) is 4.22. The molecule has 6 nitrogen and oxygen atoms in total. The fourth-order valence-electron chi connectivity index (χ4n) is 1.63. The molecule has 1 aromatic carbocycles. The Morgan fingerprint density at radius 3 is 2.86 bits per heavy atom. The molecule has 0 fully saturated rings. The fraction of sp³-hybridized carbons (Fsp3) is 0.357. The van der Waals surface area contributed by atoms with Crippen LogP contribution in [0.5, 0.6) is 0 Å². The van der Waals surface area contributed by atoms with Gasteiger partial charge in [0.25, 0.3) is 5.22 Å². The van der Waals surface area contributed by atoms with Crippen LogP contribution >= 0.6 is 11.8 Å². The summed E-state index contributed by atoms with van der Waals surface area (Å²) in [5, 5.41) is 0.439. The van der Waals surface area contributed by atoms with E-state index >= 15 is 0 Å². The Kier molecular flexibility index (Phi) is 5.21. The lowest BCUT2D eigenvalue weighted by Crippen LogP contribution is -2.34. The van der Waals surface area contributed by atoms with Crippen molar-refractivity contribution in [3.8, 4) is 0 Å². The van der Waals surface area contributed by atoms with Gasteiger partial charge < -0.3 is 14.1 Å². The fourth-order valence-corrected chi connectivity index (χ4v) is 2.41. The molecule has 0 bridgehead atoms. The predicted octanol–water partition coefficient (Wildman–Crippen LogP) is 1.94. The highest BCUT2D eigenvalue weighted by Crippen LogP contribution is 2.23. The molecule has 0 unspecified atom stereocenters. The number of aromatic nitrogens is 1. The average molecular weight is 308 g/mol. The van der Waals surface area contributed by atoms with E-state index in [0.717, 1.165) is 5.52 Å². The van der Waals surface area contributed by atoms with Crippen molar-refractivity contribution >= 4 is 34.7 Å². The molecule has 1 heterocycles. The lowest BCUT2D eigenvalue weighted by atomic mass is 10.3. The van der Waals surface area contributed by atoms with Crippen molar-refractivity contribution in [3.63, 3.8) is 0 Å².